The van der Waals surface area contributed by atoms with Gasteiger partial charge in [-0.05, 0) is 55.8 Å². The number of piperidine rings is 1. The summed E-state index contributed by atoms with van der Waals surface area (Å²) < 4.78 is 5.46. The van der Waals surface area contributed by atoms with Crippen LogP contribution in [-0.2, 0) is 11.2 Å². The second kappa shape index (κ2) is 5.73. The molecule has 2 aliphatic rings. The number of H-pyrrole nitrogens is 1. The van der Waals surface area contributed by atoms with Crippen LogP contribution in [0.2, 0.25) is 0 Å². The first kappa shape index (κ1) is 13.2. The predicted octanol–water partition coefficient (Wildman–Crippen LogP) is 2.00. The van der Waals surface area contributed by atoms with E-state index in [9.17, 15) is 0 Å². The monoisotopic (exact) mass is 286 g/mol. The van der Waals surface area contributed by atoms with Gasteiger partial charge in [0.15, 0.2) is 5.65 Å². The number of ether oxygens (including phenoxy) is 1. The molecule has 0 aromatic carbocycles. The molecule has 2 N–H and O–H groups in total. The predicted molar refractivity (Wildman–Crippen MR) is 81.4 cm³/mol. The molecule has 0 amide bonds. The van der Waals surface area contributed by atoms with E-state index in [0.717, 1.165) is 56.1 Å². The largest absolute Gasteiger partial charge is 0.381 e. The summed E-state index contributed by atoms with van der Waals surface area (Å²) in [6.45, 7) is 3.97. The number of aromatic nitrogens is 3. The number of imidazole rings is 1. The number of pyridine rings is 1. The van der Waals surface area contributed by atoms with Gasteiger partial charge in [-0.15, -0.1) is 0 Å². The van der Waals surface area contributed by atoms with Crippen LogP contribution in [0.4, 0.5) is 0 Å². The Morgan fingerprint density at radius 1 is 1.24 bits per heavy atom. The molecule has 0 radical (unpaired) electrons. The minimum absolute atomic E-state index is 0.605. The zero-order valence-corrected chi connectivity index (χ0v) is 12.3. The second-order valence-electron chi connectivity index (χ2n) is 6.24. The van der Waals surface area contributed by atoms with E-state index in [0.29, 0.717) is 11.8 Å². The van der Waals surface area contributed by atoms with Crippen molar-refractivity contribution in [2.45, 2.75) is 31.6 Å². The Hall–Kier alpha value is -1.46. The van der Waals surface area contributed by atoms with Gasteiger partial charge in [0.1, 0.15) is 5.82 Å². The molecule has 5 heteroatoms. The van der Waals surface area contributed by atoms with Crippen molar-refractivity contribution in [2.75, 3.05) is 26.3 Å². The molecule has 2 aromatic rings. The maximum Gasteiger partial charge on any atom is 0.177 e. The van der Waals surface area contributed by atoms with E-state index in [4.69, 9.17) is 9.72 Å². The van der Waals surface area contributed by atoms with Crippen molar-refractivity contribution in [3.8, 4) is 0 Å². The van der Waals surface area contributed by atoms with Gasteiger partial charge in [-0.1, -0.05) is 0 Å². The quantitative estimate of drug-likeness (QED) is 0.906. The molecule has 112 valence electrons. The third-order valence-electron chi connectivity index (χ3n) is 4.76. The Balaban J connectivity index is 1.63. The van der Waals surface area contributed by atoms with Crippen molar-refractivity contribution >= 4 is 11.2 Å². The van der Waals surface area contributed by atoms with Crippen molar-refractivity contribution < 1.29 is 4.74 Å². The Morgan fingerprint density at radius 3 is 2.95 bits per heavy atom. The molecule has 0 aliphatic carbocycles. The third-order valence-corrected chi connectivity index (χ3v) is 4.76. The first-order valence-electron chi connectivity index (χ1n) is 8.02. The standard InChI is InChI=1S/C16H22N4O/c1-5-17-6-2-12(1)13-3-7-18-16-15(13)19-14(20-16)9-11-4-8-21-10-11/h3,7,11-12,17H,1-2,4-6,8-10H2,(H,18,19,20). The van der Waals surface area contributed by atoms with Crippen molar-refractivity contribution in [1.29, 1.82) is 0 Å². The maximum atomic E-state index is 5.46. The lowest BCUT2D eigenvalue weighted by molar-refractivity contribution is 0.185. The van der Waals surface area contributed by atoms with E-state index >= 15 is 0 Å². The van der Waals surface area contributed by atoms with Crippen LogP contribution in [0, 0.1) is 5.92 Å². The van der Waals surface area contributed by atoms with Crippen LogP contribution in [0.15, 0.2) is 12.3 Å². The van der Waals surface area contributed by atoms with E-state index in [2.05, 4.69) is 21.4 Å². The fraction of sp³-hybridized carbons (Fsp3) is 0.625. The summed E-state index contributed by atoms with van der Waals surface area (Å²) in [6, 6.07) is 2.17. The summed E-state index contributed by atoms with van der Waals surface area (Å²) in [5.41, 5.74) is 3.42. The molecule has 1 unspecified atom stereocenters. The van der Waals surface area contributed by atoms with Crippen LogP contribution in [0.5, 0.6) is 0 Å². The summed E-state index contributed by atoms with van der Waals surface area (Å²) >= 11 is 0. The highest BCUT2D eigenvalue weighted by Gasteiger charge is 2.21. The number of aromatic amines is 1. The van der Waals surface area contributed by atoms with Crippen molar-refractivity contribution in [2.24, 2.45) is 5.92 Å². The van der Waals surface area contributed by atoms with Crippen molar-refractivity contribution in [3.63, 3.8) is 0 Å². The molecule has 2 aliphatic heterocycles. The molecule has 2 aromatic heterocycles. The van der Waals surface area contributed by atoms with Gasteiger partial charge in [0.2, 0.25) is 0 Å². The van der Waals surface area contributed by atoms with Crippen LogP contribution in [0.1, 0.15) is 36.6 Å². The first-order valence-corrected chi connectivity index (χ1v) is 8.02. The molecule has 1 atom stereocenters. The Morgan fingerprint density at radius 2 is 2.14 bits per heavy atom. The summed E-state index contributed by atoms with van der Waals surface area (Å²) in [5, 5.41) is 3.43. The first-order chi connectivity index (χ1) is 10.4. The lowest BCUT2D eigenvalue weighted by Gasteiger charge is -2.23. The fourth-order valence-corrected chi connectivity index (χ4v) is 3.57. The SMILES string of the molecule is c1cc(C2CCNCC2)c2[nH]c(CC3CCOC3)nc2n1. The lowest BCUT2D eigenvalue weighted by atomic mass is 9.90. The van der Waals surface area contributed by atoms with Gasteiger partial charge in [-0.25, -0.2) is 9.97 Å². The zero-order valence-electron chi connectivity index (χ0n) is 12.3. The molecule has 2 saturated heterocycles. The van der Waals surface area contributed by atoms with Crippen LogP contribution >= 0.6 is 0 Å². The van der Waals surface area contributed by atoms with Gasteiger partial charge in [0.25, 0.3) is 0 Å². The summed E-state index contributed by atoms with van der Waals surface area (Å²) in [6.07, 6.45) is 6.42. The summed E-state index contributed by atoms with van der Waals surface area (Å²) in [7, 11) is 0. The maximum absolute atomic E-state index is 5.46. The number of rotatable bonds is 3. The van der Waals surface area contributed by atoms with E-state index in [1.54, 1.807) is 0 Å². The Kier molecular flexibility index (Phi) is 3.61. The van der Waals surface area contributed by atoms with Gasteiger partial charge >= 0.3 is 0 Å². The van der Waals surface area contributed by atoms with Crippen molar-refractivity contribution in [3.05, 3.63) is 23.7 Å². The van der Waals surface area contributed by atoms with Crippen molar-refractivity contribution in [1.82, 2.24) is 20.3 Å². The Bertz CT molecular complexity index is 612. The highest BCUT2D eigenvalue weighted by Crippen LogP contribution is 2.30. The van der Waals surface area contributed by atoms with E-state index in [-0.39, 0.29) is 0 Å². The van der Waals surface area contributed by atoms with Gasteiger partial charge in [0.05, 0.1) is 5.52 Å². The molecular formula is C16H22N4O. The molecular weight excluding hydrogens is 264 g/mol. The molecule has 0 saturated carbocycles. The summed E-state index contributed by atoms with van der Waals surface area (Å²) in [5.74, 6) is 2.29. The smallest absolute Gasteiger partial charge is 0.177 e. The molecule has 4 rings (SSSR count). The van der Waals surface area contributed by atoms with E-state index in [1.807, 2.05) is 6.20 Å². The number of fused-ring (bicyclic) bond motifs is 1. The minimum atomic E-state index is 0.605. The second-order valence-corrected chi connectivity index (χ2v) is 6.24. The van der Waals surface area contributed by atoms with E-state index in [1.165, 1.54) is 18.4 Å². The van der Waals surface area contributed by atoms with Gasteiger partial charge in [-0.2, -0.15) is 0 Å². The van der Waals surface area contributed by atoms with Gasteiger partial charge < -0.3 is 15.0 Å². The fourth-order valence-electron chi connectivity index (χ4n) is 3.57. The highest BCUT2D eigenvalue weighted by atomic mass is 16.5. The van der Waals surface area contributed by atoms with Gasteiger partial charge in [-0.3, -0.25) is 0 Å². The average Bonchev–Trinajstić information content (AvgIpc) is 3.17. The molecule has 4 heterocycles. The summed E-state index contributed by atoms with van der Waals surface area (Å²) in [4.78, 5) is 12.7. The normalized spacial score (nSPS) is 23.9. The third kappa shape index (κ3) is 2.68. The highest BCUT2D eigenvalue weighted by molar-refractivity contribution is 5.75. The number of nitrogens with one attached hydrogen (secondary N) is 2. The number of hydrogen-bond acceptors (Lipinski definition) is 4. The molecule has 21 heavy (non-hydrogen) atoms. The van der Waals surface area contributed by atoms with Crippen LogP contribution < -0.4 is 5.32 Å². The average molecular weight is 286 g/mol. The minimum Gasteiger partial charge on any atom is -0.381 e. The zero-order chi connectivity index (χ0) is 14.1. The van der Waals surface area contributed by atoms with Crippen LogP contribution in [0.25, 0.3) is 11.2 Å². The van der Waals surface area contributed by atoms with Gasteiger partial charge in [0, 0.05) is 25.8 Å². The van der Waals surface area contributed by atoms with E-state index < -0.39 is 0 Å². The molecule has 2 fully saturated rings. The molecule has 0 bridgehead atoms. The Labute approximate surface area is 124 Å². The van der Waals surface area contributed by atoms with Crippen LogP contribution in [-0.4, -0.2) is 41.3 Å². The number of hydrogen-bond donors (Lipinski definition) is 2. The molecule has 5 nitrogen and oxygen atoms in total. The van der Waals surface area contributed by atoms with Crippen LogP contribution in [0.3, 0.4) is 0 Å². The topological polar surface area (TPSA) is 62.8 Å². The molecule has 0 spiro atoms. The lowest BCUT2D eigenvalue weighted by Crippen LogP contribution is -2.26. The number of nitrogens with zero attached hydrogens (tertiary/aromatic N) is 2.